The molecule has 3 nitrogen and oxygen atoms in total. The lowest BCUT2D eigenvalue weighted by molar-refractivity contribution is -0.186. The zero-order chi connectivity index (χ0) is 14.6. The summed E-state index contributed by atoms with van der Waals surface area (Å²) in [7, 11) is 2.96. The van der Waals surface area contributed by atoms with E-state index in [1.807, 2.05) is 0 Å². The fraction of sp³-hybridized carbons (Fsp3) is 0.538. The molecule has 6 heteroatoms. The van der Waals surface area contributed by atoms with Crippen molar-refractivity contribution < 1.29 is 17.9 Å². The van der Waals surface area contributed by atoms with E-state index in [0.29, 0.717) is 5.75 Å². The number of alkyl halides is 3. The molecule has 2 atom stereocenters. The first kappa shape index (κ1) is 15.8. The number of methoxy groups -OCH3 is 1. The molecule has 0 heterocycles. The molecule has 0 amide bonds. The Balaban J connectivity index is 2.78. The van der Waals surface area contributed by atoms with Gasteiger partial charge in [-0.05, 0) is 31.7 Å². The minimum atomic E-state index is -4.34. The van der Waals surface area contributed by atoms with Crippen LogP contribution >= 0.6 is 0 Å². The summed E-state index contributed by atoms with van der Waals surface area (Å²) >= 11 is 0. The third kappa shape index (κ3) is 4.40. The molecule has 2 unspecified atom stereocenters. The SMILES string of the molecule is COc1ccc(CN(C)C(C(C)N)C(F)(F)F)cc1. The van der Waals surface area contributed by atoms with Crippen molar-refractivity contribution in [1.82, 2.24) is 4.90 Å². The highest BCUT2D eigenvalue weighted by Crippen LogP contribution is 2.27. The minimum absolute atomic E-state index is 0.176. The van der Waals surface area contributed by atoms with Gasteiger partial charge in [-0.1, -0.05) is 12.1 Å². The van der Waals surface area contributed by atoms with Crippen molar-refractivity contribution in [1.29, 1.82) is 0 Å². The predicted molar refractivity (Wildman–Crippen MR) is 68.0 cm³/mol. The summed E-state index contributed by atoms with van der Waals surface area (Å²) in [6, 6.07) is 4.28. The van der Waals surface area contributed by atoms with Gasteiger partial charge in [-0.2, -0.15) is 13.2 Å². The molecule has 0 aliphatic rings. The smallest absolute Gasteiger partial charge is 0.405 e. The molecule has 0 aromatic heterocycles. The highest BCUT2D eigenvalue weighted by atomic mass is 19.4. The number of halogens is 3. The van der Waals surface area contributed by atoms with E-state index in [1.54, 1.807) is 24.3 Å². The zero-order valence-corrected chi connectivity index (χ0v) is 11.2. The van der Waals surface area contributed by atoms with Gasteiger partial charge in [-0.3, -0.25) is 4.90 Å². The van der Waals surface area contributed by atoms with Gasteiger partial charge in [-0.25, -0.2) is 0 Å². The fourth-order valence-electron chi connectivity index (χ4n) is 2.07. The number of hydrogen-bond acceptors (Lipinski definition) is 3. The van der Waals surface area contributed by atoms with Crippen LogP contribution in [0.3, 0.4) is 0 Å². The Morgan fingerprint density at radius 1 is 1.26 bits per heavy atom. The average molecular weight is 276 g/mol. The molecule has 19 heavy (non-hydrogen) atoms. The number of likely N-dealkylation sites (N-methyl/N-ethyl adjacent to an activating group) is 1. The van der Waals surface area contributed by atoms with E-state index in [-0.39, 0.29) is 6.54 Å². The first-order chi connectivity index (χ1) is 8.75. The van der Waals surface area contributed by atoms with Crippen LogP contribution in [0, 0.1) is 0 Å². The monoisotopic (exact) mass is 276 g/mol. The number of hydrogen-bond donors (Lipinski definition) is 1. The van der Waals surface area contributed by atoms with Gasteiger partial charge in [0.25, 0.3) is 0 Å². The third-order valence-electron chi connectivity index (χ3n) is 2.90. The lowest BCUT2D eigenvalue weighted by Crippen LogP contribution is -2.53. The van der Waals surface area contributed by atoms with Crippen LogP contribution in [0.5, 0.6) is 5.75 Å². The Labute approximate surface area is 111 Å². The van der Waals surface area contributed by atoms with E-state index in [2.05, 4.69) is 0 Å². The second kappa shape index (κ2) is 6.25. The van der Waals surface area contributed by atoms with Crippen molar-refractivity contribution in [3.8, 4) is 5.75 Å². The van der Waals surface area contributed by atoms with Crippen LogP contribution in [-0.2, 0) is 6.54 Å². The lowest BCUT2D eigenvalue weighted by Gasteiger charge is -2.32. The molecule has 0 radical (unpaired) electrons. The summed E-state index contributed by atoms with van der Waals surface area (Å²) in [6.45, 7) is 1.54. The summed E-state index contributed by atoms with van der Waals surface area (Å²) in [5, 5.41) is 0. The maximum Gasteiger partial charge on any atom is 0.405 e. The summed E-state index contributed by atoms with van der Waals surface area (Å²) < 4.78 is 43.7. The van der Waals surface area contributed by atoms with Crippen molar-refractivity contribution in [3.05, 3.63) is 29.8 Å². The first-order valence-corrected chi connectivity index (χ1v) is 5.91. The number of rotatable bonds is 5. The standard InChI is InChI=1S/C13H19F3N2O/c1-9(17)12(13(14,15)16)18(2)8-10-4-6-11(19-3)7-5-10/h4-7,9,12H,8,17H2,1-3H3. The number of nitrogens with two attached hydrogens (primary N) is 1. The quantitative estimate of drug-likeness (QED) is 0.897. The van der Waals surface area contributed by atoms with Gasteiger partial charge in [-0.15, -0.1) is 0 Å². The molecule has 0 saturated heterocycles. The molecule has 0 bridgehead atoms. The second-order valence-electron chi connectivity index (χ2n) is 4.61. The van der Waals surface area contributed by atoms with Crippen molar-refractivity contribution in [3.63, 3.8) is 0 Å². The molecule has 1 aromatic carbocycles. The van der Waals surface area contributed by atoms with Gasteiger partial charge in [0.1, 0.15) is 11.8 Å². The van der Waals surface area contributed by atoms with Crippen molar-refractivity contribution in [2.24, 2.45) is 5.73 Å². The van der Waals surface area contributed by atoms with E-state index in [0.717, 1.165) is 5.56 Å². The lowest BCUT2D eigenvalue weighted by atomic mass is 10.1. The van der Waals surface area contributed by atoms with Crippen molar-refractivity contribution in [2.45, 2.75) is 31.7 Å². The van der Waals surface area contributed by atoms with E-state index in [9.17, 15) is 13.2 Å². The topological polar surface area (TPSA) is 38.5 Å². The highest BCUT2D eigenvalue weighted by molar-refractivity contribution is 5.27. The molecule has 0 fully saturated rings. The Bertz CT molecular complexity index is 390. The maximum absolute atomic E-state index is 12.9. The van der Waals surface area contributed by atoms with E-state index >= 15 is 0 Å². The molecule has 1 rings (SSSR count). The molecular formula is C13H19F3N2O. The molecule has 0 spiro atoms. The summed E-state index contributed by atoms with van der Waals surface area (Å²) in [6.07, 6.45) is -4.34. The summed E-state index contributed by atoms with van der Waals surface area (Å²) in [4.78, 5) is 1.21. The van der Waals surface area contributed by atoms with Gasteiger partial charge in [0.05, 0.1) is 7.11 Å². The fourth-order valence-corrected chi connectivity index (χ4v) is 2.07. The number of benzene rings is 1. The van der Waals surface area contributed by atoms with Crippen LogP contribution in [0.2, 0.25) is 0 Å². The van der Waals surface area contributed by atoms with Crippen molar-refractivity contribution in [2.75, 3.05) is 14.2 Å². The van der Waals surface area contributed by atoms with Gasteiger partial charge in [0, 0.05) is 12.6 Å². The van der Waals surface area contributed by atoms with Crippen LogP contribution in [0.15, 0.2) is 24.3 Å². The minimum Gasteiger partial charge on any atom is -0.497 e. The van der Waals surface area contributed by atoms with Crippen LogP contribution in [0.25, 0.3) is 0 Å². The second-order valence-corrected chi connectivity index (χ2v) is 4.61. The molecule has 0 aliphatic carbocycles. The number of ether oxygens (including phenoxy) is 1. The van der Waals surface area contributed by atoms with Crippen LogP contribution in [0.1, 0.15) is 12.5 Å². The van der Waals surface area contributed by atoms with E-state index in [4.69, 9.17) is 10.5 Å². The van der Waals surface area contributed by atoms with Gasteiger partial charge >= 0.3 is 6.18 Å². The average Bonchev–Trinajstić information content (AvgIpc) is 2.27. The molecular weight excluding hydrogens is 257 g/mol. The highest BCUT2D eigenvalue weighted by Gasteiger charge is 2.44. The number of nitrogens with zero attached hydrogens (tertiary/aromatic N) is 1. The molecule has 1 aromatic rings. The Kier molecular flexibility index (Phi) is 5.20. The van der Waals surface area contributed by atoms with Crippen LogP contribution in [0.4, 0.5) is 13.2 Å². The first-order valence-electron chi connectivity index (χ1n) is 5.91. The van der Waals surface area contributed by atoms with Gasteiger partial charge in [0.2, 0.25) is 0 Å². The molecule has 0 aliphatic heterocycles. The van der Waals surface area contributed by atoms with Crippen LogP contribution in [-0.4, -0.2) is 37.3 Å². The molecule has 2 N–H and O–H groups in total. The van der Waals surface area contributed by atoms with Gasteiger partial charge < -0.3 is 10.5 Å². The van der Waals surface area contributed by atoms with E-state index < -0.39 is 18.3 Å². The molecule has 0 saturated carbocycles. The van der Waals surface area contributed by atoms with Crippen molar-refractivity contribution >= 4 is 0 Å². The van der Waals surface area contributed by atoms with Gasteiger partial charge in [0.15, 0.2) is 0 Å². The Morgan fingerprint density at radius 3 is 2.16 bits per heavy atom. The maximum atomic E-state index is 12.9. The summed E-state index contributed by atoms with van der Waals surface area (Å²) in [5.74, 6) is 0.672. The zero-order valence-electron chi connectivity index (χ0n) is 11.2. The Morgan fingerprint density at radius 2 is 1.79 bits per heavy atom. The predicted octanol–water partition coefficient (Wildman–Crippen LogP) is 2.41. The van der Waals surface area contributed by atoms with E-state index in [1.165, 1.54) is 26.0 Å². The Hall–Kier alpha value is -1.27. The van der Waals surface area contributed by atoms with Crippen LogP contribution < -0.4 is 10.5 Å². The third-order valence-corrected chi connectivity index (χ3v) is 2.90. The largest absolute Gasteiger partial charge is 0.497 e. The normalized spacial score (nSPS) is 15.4. The molecule has 108 valence electrons. The summed E-state index contributed by atoms with van der Waals surface area (Å²) in [5.41, 5.74) is 6.22.